The molecule has 0 aromatic heterocycles. The third kappa shape index (κ3) is 7.36. The Labute approximate surface area is 147 Å². The van der Waals surface area contributed by atoms with E-state index in [-0.39, 0.29) is 5.69 Å². The molecule has 0 bridgehead atoms. The second-order valence-electron chi connectivity index (χ2n) is 5.69. The van der Waals surface area contributed by atoms with Gasteiger partial charge in [0.2, 0.25) is 0 Å². The number of hydrogen-bond donors (Lipinski definition) is 3. The van der Waals surface area contributed by atoms with Gasteiger partial charge >= 0.3 is 0 Å². The van der Waals surface area contributed by atoms with Crippen molar-refractivity contribution in [2.24, 2.45) is 5.92 Å². The molecule has 0 unspecified atom stereocenters. The number of hydrogen-bond acceptors (Lipinski definition) is 4. The van der Waals surface area contributed by atoms with Gasteiger partial charge in [-0.15, -0.1) is 0 Å². The summed E-state index contributed by atoms with van der Waals surface area (Å²) in [7, 11) is 0. The Morgan fingerprint density at radius 1 is 1.25 bits per heavy atom. The van der Waals surface area contributed by atoms with Crippen LogP contribution in [0.25, 0.3) is 0 Å². The van der Waals surface area contributed by atoms with Gasteiger partial charge in [-0.1, -0.05) is 33.1 Å². The van der Waals surface area contributed by atoms with Crippen molar-refractivity contribution in [2.45, 2.75) is 39.5 Å². The van der Waals surface area contributed by atoms with Gasteiger partial charge < -0.3 is 5.32 Å². The average Bonchev–Trinajstić information content (AvgIpc) is 2.58. The van der Waals surface area contributed by atoms with Crippen LogP contribution in [0.4, 0.5) is 5.69 Å². The van der Waals surface area contributed by atoms with E-state index in [9.17, 15) is 14.9 Å². The van der Waals surface area contributed by atoms with Crippen molar-refractivity contribution in [3.8, 4) is 0 Å². The molecule has 1 aromatic carbocycles. The first-order chi connectivity index (χ1) is 11.4. The molecular weight excluding hydrogens is 328 g/mol. The minimum atomic E-state index is -0.513. The van der Waals surface area contributed by atoms with Gasteiger partial charge in [0.15, 0.2) is 5.11 Å². The van der Waals surface area contributed by atoms with Crippen LogP contribution in [0.3, 0.4) is 0 Å². The normalized spacial score (nSPS) is 11.4. The SMILES string of the molecule is CCCCC[C@H](C)CNC(=S)NNC(=O)c1ccc([N+](=O)[O-])cc1. The molecule has 132 valence electrons. The largest absolute Gasteiger partial charge is 0.361 e. The van der Waals surface area contributed by atoms with Gasteiger partial charge in [0.25, 0.3) is 11.6 Å². The lowest BCUT2D eigenvalue weighted by Gasteiger charge is -2.15. The van der Waals surface area contributed by atoms with Crippen molar-refractivity contribution in [2.75, 3.05) is 6.54 Å². The maximum atomic E-state index is 11.9. The summed E-state index contributed by atoms with van der Waals surface area (Å²) in [6.45, 7) is 5.07. The van der Waals surface area contributed by atoms with Gasteiger partial charge in [-0.05, 0) is 36.7 Å². The highest BCUT2D eigenvalue weighted by atomic mass is 32.1. The van der Waals surface area contributed by atoms with E-state index in [1.165, 1.54) is 43.5 Å². The quantitative estimate of drug-likeness (QED) is 0.288. The van der Waals surface area contributed by atoms with Crippen LogP contribution in [0.5, 0.6) is 0 Å². The van der Waals surface area contributed by atoms with E-state index in [1.807, 2.05) is 0 Å². The van der Waals surface area contributed by atoms with Gasteiger partial charge in [0, 0.05) is 24.2 Å². The monoisotopic (exact) mass is 352 g/mol. The number of carbonyl (C=O) groups excluding carboxylic acids is 1. The van der Waals surface area contributed by atoms with Crippen molar-refractivity contribution < 1.29 is 9.72 Å². The number of amides is 1. The Balaban J connectivity index is 2.30. The highest BCUT2D eigenvalue weighted by Gasteiger charge is 2.09. The number of nitrogens with zero attached hydrogens (tertiary/aromatic N) is 1. The molecule has 0 heterocycles. The van der Waals surface area contributed by atoms with Gasteiger partial charge in [0.1, 0.15) is 0 Å². The van der Waals surface area contributed by atoms with Crippen LogP contribution in [-0.4, -0.2) is 22.5 Å². The molecule has 0 radical (unpaired) electrons. The molecule has 1 rings (SSSR count). The zero-order valence-corrected chi connectivity index (χ0v) is 14.8. The molecule has 7 nitrogen and oxygen atoms in total. The highest BCUT2D eigenvalue weighted by Crippen LogP contribution is 2.11. The zero-order chi connectivity index (χ0) is 17.9. The molecule has 0 spiro atoms. The number of non-ortho nitro benzene ring substituents is 1. The van der Waals surface area contributed by atoms with E-state index in [2.05, 4.69) is 30.0 Å². The van der Waals surface area contributed by atoms with E-state index in [4.69, 9.17) is 12.2 Å². The summed E-state index contributed by atoms with van der Waals surface area (Å²) in [6.07, 6.45) is 4.78. The predicted molar refractivity (Wildman–Crippen MR) is 97.6 cm³/mol. The minimum absolute atomic E-state index is 0.0613. The number of nitro groups is 1. The summed E-state index contributed by atoms with van der Waals surface area (Å²) in [5.41, 5.74) is 5.34. The lowest BCUT2D eigenvalue weighted by molar-refractivity contribution is -0.384. The first kappa shape index (κ1) is 19.8. The zero-order valence-electron chi connectivity index (χ0n) is 14.0. The maximum absolute atomic E-state index is 11.9. The number of nitrogens with one attached hydrogen (secondary N) is 3. The summed E-state index contributed by atoms with van der Waals surface area (Å²) in [6, 6.07) is 5.34. The number of benzene rings is 1. The third-order valence-corrected chi connectivity index (χ3v) is 3.79. The Kier molecular flexibility index (Phi) is 8.70. The number of carbonyl (C=O) groups is 1. The van der Waals surface area contributed by atoms with Crippen LogP contribution in [0, 0.1) is 16.0 Å². The van der Waals surface area contributed by atoms with Crippen LogP contribution in [0.1, 0.15) is 49.9 Å². The first-order valence-electron chi connectivity index (χ1n) is 8.02. The fourth-order valence-electron chi connectivity index (χ4n) is 2.08. The second kappa shape index (κ2) is 10.5. The number of unbranched alkanes of at least 4 members (excludes halogenated alkanes) is 2. The smallest absolute Gasteiger partial charge is 0.269 e. The molecule has 1 amide bonds. The highest BCUT2D eigenvalue weighted by molar-refractivity contribution is 7.80. The summed E-state index contributed by atoms with van der Waals surface area (Å²) in [5.74, 6) is 0.0896. The van der Waals surface area contributed by atoms with Crippen LogP contribution in [0.15, 0.2) is 24.3 Å². The van der Waals surface area contributed by atoms with Crippen molar-refractivity contribution in [3.63, 3.8) is 0 Å². The van der Waals surface area contributed by atoms with Crippen molar-refractivity contribution >= 4 is 28.9 Å². The number of nitro benzene ring substituents is 1. The Morgan fingerprint density at radius 3 is 2.50 bits per heavy atom. The van der Waals surface area contributed by atoms with Gasteiger partial charge in [-0.25, -0.2) is 0 Å². The predicted octanol–water partition coefficient (Wildman–Crippen LogP) is 2.92. The van der Waals surface area contributed by atoms with E-state index < -0.39 is 10.8 Å². The number of rotatable bonds is 8. The van der Waals surface area contributed by atoms with Crippen LogP contribution in [-0.2, 0) is 0 Å². The molecule has 0 fully saturated rings. The average molecular weight is 352 g/mol. The summed E-state index contributed by atoms with van der Waals surface area (Å²) in [5, 5.41) is 14.0. The molecule has 0 saturated carbocycles. The number of thiocarbonyl (C=S) groups is 1. The molecule has 1 atom stereocenters. The minimum Gasteiger partial charge on any atom is -0.361 e. The van der Waals surface area contributed by atoms with Crippen LogP contribution < -0.4 is 16.2 Å². The Bertz CT molecular complexity index is 563. The summed E-state index contributed by atoms with van der Waals surface area (Å²) in [4.78, 5) is 22.0. The molecule has 24 heavy (non-hydrogen) atoms. The molecule has 0 aliphatic heterocycles. The number of hydrazine groups is 1. The molecule has 0 saturated heterocycles. The Hall–Kier alpha value is -2.22. The van der Waals surface area contributed by atoms with Crippen molar-refractivity contribution in [3.05, 3.63) is 39.9 Å². The molecule has 1 aromatic rings. The molecular formula is C16H24N4O3S. The van der Waals surface area contributed by atoms with E-state index in [1.54, 1.807) is 0 Å². The molecule has 0 aliphatic carbocycles. The maximum Gasteiger partial charge on any atom is 0.269 e. The summed E-state index contributed by atoms with van der Waals surface area (Å²) >= 11 is 5.10. The lowest BCUT2D eigenvalue weighted by atomic mass is 10.0. The standard InChI is InChI=1S/C16H24N4O3S/c1-3-4-5-6-12(2)11-17-16(24)19-18-15(21)13-7-9-14(10-8-13)20(22)23/h7-10,12H,3-6,11H2,1-2H3,(H,18,21)(H2,17,19,24)/t12-/m0/s1. The second-order valence-corrected chi connectivity index (χ2v) is 6.10. The van der Waals surface area contributed by atoms with Crippen LogP contribution in [0.2, 0.25) is 0 Å². The van der Waals surface area contributed by atoms with Gasteiger partial charge in [-0.2, -0.15) is 0 Å². The van der Waals surface area contributed by atoms with Crippen molar-refractivity contribution in [1.29, 1.82) is 0 Å². The summed E-state index contributed by atoms with van der Waals surface area (Å²) < 4.78 is 0. The Morgan fingerprint density at radius 2 is 1.92 bits per heavy atom. The fraction of sp³-hybridized carbons (Fsp3) is 0.500. The fourth-order valence-corrected chi connectivity index (χ4v) is 2.21. The third-order valence-electron chi connectivity index (χ3n) is 3.54. The van der Waals surface area contributed by atoms with Gasteiger partial charge in [0.05, 0.1) is 4.92 Å². The molecule has 8 heteroatoms. The van der Waals surface area contributed by atoms with Gasteiger partial charge in [-0.3, -0.25) is 25.8 Å². The lowest BCUT2D eigenvalue weighted by Crippen LogP contribution is -2.47. The van der Waals surface area contributed by atoms with E-state index >= 15 is 0 Å². The van der Waals surface area contributed by atoms with Crippen LogP contribution >= 0.6 is 12.2 Å². The van der Waals surface area contributed by atoms with E-state index in [0.717, 1.165) is 13.0 Å². The van der Waals surface area contributed by atoms with E-state index in [0.29, 0.717) is 16.6 Å². The topological polar surface area (TPSA) is 96.3 Å². The van der Waals surface area contributed by atoms with Crippen molar-refractivity contribution in [1.82, 2.24) is 16.2 Å². The first-order valence-corrected chi connectivity index (χ1v) is 8.43. The molecule has 3 N–H and O–H groups in total. The molecule has 0 aliphatic rings.